The molecule has 0 aromatic rings. The molecule has 0 bridgehead atoms. The summed E-state index contributed by atoms with van der Waals surface area (Å²) in [5.74, 6) is -0.660. The van der Waals surface area contributed by atoms with Gasteiger partial charge >= 0.3 is 5.97 Å². The number of carbonyl (C=O) groups is 2. The SMILES string of the molecule is CC(C)CC(CN)CC(=O)NC(C)C(=O)O. The molecule has 0 aliphatic carbocycles. The average molecular weight is 230 g/mol. The molecule has 0 fully saturated rings. The molecule has 2 unspecified atom stereocenters. The van der Waals surface area contributed by atoms with E-state index < -0.39 is 12.0 Å². The third-order valence-corrected chi connectivity index (χ3v) is 2.36. The van der Waals surface area contributed by atoms with Crippen molar-refractivity contribution in [2.24, 2.45) is 17.6 Å². The van der Waals surface area contributed by atoms with Gasteiger partial charge in [-0.05, 0) is 31.7 Å². The smallest absolute Gasteiger partial charge is 0.325 e. The number of amides is 1. The first kappa shape index (κ1) is 14.9. The fourth-order valence-electron chi connectivity index (χ4n) is 1.55. The van der Waals surface area contributed by atoms with E-state index in [1.54, 1.807) is 0 Å². The summed E-state index contributed by atoms with van der Waals surface area (Å²) >= 11 is 0. The third kappa shape index (κ3) is 6.40. The lowest BCUT2D eigenvalue weighted by Gasteiger charge is -2.17. The summed E-state index contributed by atoms with van der Waals surface area (Å²) in [6, 6.07) is -0.843. The summed E-state index contributed by atoms with van der Waals surface area (Å²) in [6.45, 7) is 6.04. The molecule has 0 rings (SSSR count). The van der Waals surface area contributed by atoms with Gasteiger partial charge in [-0.25, -0.2) is 0 Å². The van der Waals surface area contributed by atoms with Gasteiger partial charge in [0.1, 0.15) is 6.04 Å². The van der Waals surface area contributed by atoms with Gasteiger partial charge in [-0.1, -0.05) is 13.8 Å². The maximum absolute atomic E-state index is 11.5. The van der Waals surface area contributed by atoms with Crippen molar-refractivity contribution in [1.82, 2.24) is 5.32 Å². The minimum Gasteiger partial charge on any atom is -0.480 e. The highest BCUT2D eigenvalue weighted by atomic mass is 16.4. The number of hydrogen-bond acceptors (Lipinski definition) is 3. The summed E-state index contributed by atoms with van der Waals surface area (Å²) in [6.07, 6.45) is 1.18. The number of carboxylic acid groups (broad SMARTS) is 1. The average Bonchev–Trinajstić information content (AvgIpc) is 2.15. The van der Waals surface area contributed by atoms with Gasteiger partial charge in [-0.2, -0.15) is 0 Å². The molecule has 1 amide bonds. The van der Waals surface area contributed by atoms with Gasteiger partial charge in [0, 0.05) is 6.42 Å². The Kier molecular flexibility index (Phi) is 6.72. The Balaban J connectivity index is 4.05. The summed E-state index contributed by atoms with van der Waals surface area (Å²) < 4.78 is 0. The van der Waals surface area contributed by atoms with Crippen LogP contribution in [0.25, 0.3) is 0 Å². The maximum Gasteiger partial charge on any atom is 0.325 e. The molecule has 0 spiro atoms. The Labute approximate surface area is 96.4 Å². The Hall–Kier alpha value is -1.10. The number of carboxylic acids is 1. The first-order valence-electron chi connectivity index (χ1n) is 5.59. The lowest BCUT2D eigenvalue weighted by molar-refractivity contribution is -0.141. The van der Waals surface area contributed by atoms with Crippen molar-refractivity contribution in [3.63, 3.8) is 0 Å². The van der Waals surface area contributed by atoms with Crippen LogP contribution >= 0.6 is 0 Å². The number of rotatable bonds is 7. The molecule has 4 N–H and O–H groups in total. The van der Waals surface area contributed by atoms with E-state index in [1.165, 1.54) is 6.92 Å². The van der Waals surface area contributed by atoms with Crippen LogP contribution in [-0.2, 0) is 9.59 Å². The van der Waals surface area contributed by atoms with Crippen LogP contribution < -0.4 is 11.1 Å². The van der Waals surface area contributed by atoms with Crippen molar-refractivity contribution in [1.29, 1.82) is 0 Å². The van der Waals surface area contributed by atoms with Crippen LogP contribution in [0.3, 0.4) is 0 Å². The van der Waals surface area contributed by atoms with Crippen LogP contribution in [0.15, 0.2) is 0 Å². The van der Waals surface area contributed by atoms with Crippen LogP contribution in [0.1, 0.15) is 33.6 Å². The maximum atomic E-state index is 11.5. The number of carbonyl (C=O) groups excluding carboxylic acids is 1. The highest BCUT2D eigenvalue weighted by Crippen LogP contribution is 2.13. The van der Waals surface area contributed by atoms with Crippen LogP contribution in [0.4, 0.5) is 0 Å². The summed E-state index contributed by atoms with van der Waals surface area (Å²) in [5.41, 5.74) is 5.56. The highest BCUT2D eigenvalue weighted by molar-refractivity contribution is 5.83. The van der Waals surface area contributed by atoms with E-state index in [0.717, 1.165) is 6.42 Å². The standard InChI is InChI=1S/C11H22N2O3/c1-7(2)4-9(6-12)5-10(14)13-8(3)11(15)16/h7-9H,4-6,12H2,1-3H3,(H,13,14)(H,15,16). The quantitative estimate of drug-likeness (QED) is 0.596. The fraction of sp³-hybridized carbons (Fsp3) is 0.818. The zero-order valence-corrected chi connectivity index (χ0v) is 10.2. The second-order valence-electron chi connectivity index (χ2n) is 4.56. The van der Waals surface area contributed by atoms with Gasteiger partial charge in [0.15, 0.2) is 0 Å². The minimum atomic E-state index is -1.03. The molecule has 0 saturated carbocycles. The minimum absolute atomic E-state index is 0.126. The predicted molar refractivity (Wildman–Crippen MR) is 61.9 cm³/mol. The molecule has 0 aliphatic heterocycles. The van der Waals surface area contributed by atoms with Crippen LogP contribution in [0, 0.1) is 11.8 Å². The summed E-state index contributed by atoms with van der Waals surface area (Å²) in [7, 11) is 0. The molecular formula is C11H22N2O3. The van der Waals surface area contributed by atoms with E-state index in [9.17, 15) is 9.59 Å². The Morgan fingerprint density at radius 1 is 1.31 bits per heavy atom. The summed E-state index contributed by atoms with van der Waals surface area (Å²) in [5, 5.41) is 11.1. The van der Waals surface area contributed by atoms with Crippen molar-refractivity contribution in [2.45, 2.75) is 39.7 Å². The molecule has 2 atom stereocenters. The van der Waals surface area contributed by atoms with E-state index in [0.29, 0.717) is 18.9 Å². The van der Waals surface area contributed by atoms with Crippen molar-refractivity contribution in [3.05, 3.63) is 0 Å². The van der Waals surface area contributed by atoms with Crippen molar-refractivity contribution >= 4 is 11.9 Å². The Morgan fingerprint density at radius 2 is 1.88 bits per heavy atom. The third-order valence-electron chi connectivity index (χ3n) is 2.36. The van der Waals surface area contributed by atoms with Crippen LogP contribution in [-0.4, -0.2) is 29.6 Å². The molecule has 0 saturated heterocycles. The number of aliphatic carboxylic acids is 1. The Morgan fingerprint density at radius 3 is 2.25 bits per heavy atom. The largest absolute Gasteiger partial charge is 0.480 e. The lowest BCUT2D eigenvalue weighted by Crippen LogP contribution is -2.39. The molecule has 0 heterocycles. The summed E-state index contributed by atoms with van der Waals surface area (Å²) in [4.78, 5) is 22.0. The van der Waals surface area contributed by atoms with Crippen molar-refractivity contribution in [2.75, 3.05) is 6.54 Å². The van der Waals surface area contributed by atoms with E-state index >= 15 is 0 Å². The van der Waals surface area contributed by atoms with Gasteiger partial charge < -0.3 is 16.2 Å². The first-order chi connectivity index (χ1) is 7.36. The topological polar surface area (TPSA) is 92.4 Å². The molecule has 0 aromatic carbocycles. The second-order valence-corrected chi connectivity index (χ2v) is 4.56. The Bertz CT molecular complexity index is 241. The molecule has 16 heavy (non-hydrogen) atoms. The normalized spacial score (nSPS) is 14.6. The fourth-order valence-corrected chi connectivity index (χ4v) is 1.55. The molecule has 5 heteroatoms. The van der Waals surface area contributed by atoms with E-state index in [2.05, 4.69) is 19.2 Å². The van der Waals surface area contributed by atoms with Gasteiger partial charge in [0.2, 0.25) is 5.91 Å². The molecule has 0 radical (unpaired) electrons. The number of nitrogens with two attached hydrogens (primary N) is 1. The van der Waals surface area contributed by atoms with Gasteiger partial charge in [-0.15, -0.1) is 0 Å². The molecular weight excluding hydrogens is 208 g/mol. The number of nitrogens with one attached hydrogen (secondary N) is 1. The van der Waals surface area contributed by atoms with Gasteiger partial charge in [0.25, 0.3) is 0 Å². The monoisotopic (exact) mass is 230 g/mol. The van der Waals surface area contributed by atoms with Crippen molar-refractivity contribution < 1.29 is 14.7 Å². The highest BCUT2D eigenvalue weighted by Gasteiger charge is 2.18. The predicted octanol–water partition coefficient (Wildman–Crippen LogP) is 0.587. The van der Waals surface area contributed by atoms with Gasteiger partial charge in [0.05, 0.1) is 0 Å². The second kappa shape index (κ2) is 7.22. The van der Waals surface area contributed by atoms with Crippen LogP contribution in [0.2, 0.25) is 0 Å². The van der Waals surface area contributed by atoms with E-state index in [-0.39, 0.29) is 11.8 Å². The van der Waals surface area contributed by atoms with E-state index in [1.807, 2.05) is 0 Å². The lowest BCUT2D eigenvalue weighted by atomic mass is 9.94. The number of hydrogen-bond donors (Lipinski definition) is 3. The molecule has 0 aromatic heterocycles. The van der Waals surface area contributed by atoms with Crippen LogP contribution in [0.5, 0.6) is 0 Å². The molecule has 5 nitrogen and oxygen atoms in total. The van der Waals surface area contributed by atoms with Crippen molar-refractivity contribution in [3.8, 4) is 0 Å². The molecule has 0 aliphatic rings. The zero-order chi connectivity index (χ0) is 12.7. The van der Waals surface area contributed by atoms with Gasteiger partial charge in [-0.3, -0.25) is 9.59 Å². The molecule has 94 valence electrons. The zero-order valence-electron chi connectivity index (χ0n) is 10.2. The van der Waals surface area contributed by atoms with E-state index in [4.69, 9.17) is 10.8 Å². The first-order valence-corrected chi connectivity index (χ1v) is 5.59.